The lowest BCUT2D eigenvalue weighted by Crippen LogP contribution is -2.42. The number of hydrogen-bond acceptors (Lipinski definition) is 2. The van der Waals surface area contributed by atoms with Gasteiger partial charge in [0.1, 0.15) is 5.75 Å². The summed E-state index contributed by atoms with van der Waals surface area (Å²) in [7, 11) is 0. The Morgan fingerprint density at radius 2 is 1.91 bits per heavy atom. The molecule has 2 amide bonds. The molecule has 0 saturated carbocycles. The standard InChI is InChI=1S/C19H22N2O2/c1-2-21(14-15-8-4-3-5-9-15)19(22)20-17-12-13-23-18-11-7-6-10-16(17)18/h3-11,17H,2,12-14H2,1H3,(H,20,22). The quantitative estimate of drug-likeness (QED) is 0.934. The highest BCUT2D eigenvalue weighted by atomic mass is 16.5. The first-order valence-electron chi connectivity index (χ1n) is 8.09. The van der Waals surface area contributed by atoms with Crippen LogP contribution in [0, 0.1) is 0 Å². The van der Waals surface area contributed by atoms with Gasteiger partial charge in [-0.25, -0.2) is 4.79 Å². The molecular formula is C19H22N2O2. The molecule has 0 spiro atoms. The minimum Gasteiger partial charge on any atom is -0.493 e. The van der Waals surface area contributed by atoms with E-state index in [-0.39, 0.29) is 12.1 Å². The van der Waals surface area contributed by atoms with Crippen molar-refractivity contribution in [3.8, 4) is 5.75 Å². The van der Waals surface area contributed by atoms with Crippen molar-refractivity contribution in [1.29, 1.82) is 0 Å². The molecule has 0 radical (unpaired) electrons. The van der Waals surface area contributed by atoms with Crippen molar-refractivity contribution in [3.05, 3.63) is 65.7 Å². The molecule has 0 saturated heterocycles. The number of ether oxygens (including phenoxy) is 1. The van der Waals surface area contributed by atoms with E-state index in [1.807, 2.05) is 66.4 Å². The van der Waals surface area contributed by atoms with Gasteiger partial charge in [0.2, 0.25) is 0 Å². The Labute approximate surface area is 137 Å². The van der Waals surface area contributed by atoms with Crippen molar-refractivity contribution in [3.63, 3.8) is 0 Å². The van der Waals surface area contributed by atoms with Crippen LogP contribution in [0.15, 0.2) is 54.6 Å². The average Bonchev–Trinajstić information content (AvgIpc) is 2.61. The molecule has 120 valence electrons. The minimum absolute atomic E-state index is 0.0114. The monoisotopic (exact) mass is 310 g/mol. The molecule has 1 heterocycles. The maximum Gasteiger partial charge on any atom is 0.318 e. The summed E-state index contributed by atoms with van der Waals surface area (Å²) in [5, 5.41) is 3.15. The summed E-state index contributed by atoms with van der Waals surface area (Å²) < 4.78 is 5.65. The highest BCUT2D eigenvalue weighted by Gasteiger charge is 2.24. The molecule has 0 aliphatic carbocycles. The Kier molecular flexibility index (Phi) is 4.81. The normalized spacial score (nSPS) is 16.1. The van der Waals surface area contributed by atoms with E-state index in [4.69, 9.17) is 4.74 Å². The van der Waals surface area contributed by atoms with Crippen LogP contribution in [0.1, 0.15) is 30.5 Å². The van der Waals surface area contributed by atoms with Gasteiger partial charge >= 0.3 is 6.03 Å². The predicted octanol–water partition coefficient (Wildman–Crippen LogP) is 3.74. The summed E-state index contributed by atoms with van der Waals surface area (Å²) in [5.74, 6) is 0.871. The first-order chi connectivity index (χ1) is 11.3. The van der Waals surface area contributed by atoms with Crippen LogP contribution in [0.3, 0.4) is 0 Å². The molecule has 2 aromatic rings. The smallest absolute Gasteiger partial charge is 0.318 e. The van der Waals surface area contributed by atoms with E-state index < -0.39 is 0 Å². The number of fused-ring (bicyclic) bond motifs is 1. The van der Waals surface area contributed by atoms with E-state index in [0.717, 1.165) is 23.3 Å². The van der Waals surface area contributed by atoms with Gasteiger partial charge in [0.05, 0.1) is 12.6 Å². The second kappa shape index (κ2) is 7.18. The van der Waals surface area contributed by atoms with Crippen LogP contribution < -0.4 is 10.1 Å². The Morgan fingerprint density at radius 1 is 1.17 bits per heavy atom. The van der Waals surface area contributed by atoms with Gasteiger partial charge in [0.25, 0.3) is 0 Å². The number of amides is 2. The van der Waals surface area contributed by atoms with Crippen molar-refractivity contribution >= 4 is 6.03 Å². The highest BCUT2D eigenvalue weighted by Crippen LogP contribution is 2.31. The Morgan fingerprint density at radius 3 is 2.70 bits per heavy atom. The first-order valence-corrected chi connectivity index (χ1v) is 8.09. The Hall–Kier alpha value is -2.49. The van der Waals surface area contributed by atoms with Crippen LogP contribution in [-0.4, -0.2) is 24.1 Å². The van der Waals surface area contributed by atoms with Gasteiger partial charge in [-0.05, 0) is 18.6 Å². The SMILES string of the molecule is CCN(Cc1ccccc1)C(=O)NC1CCOc2ccccc21. The van der Waals surface area contributed by atoms with Crippen LogP contribution in [-0.2, 0) is 6.54 Å². The molecule has 1 atom stereocenters. The number of urea groups is 1. The summed E-state index contributed by atoms with van der Waals surface area (Å²) in [6.45, 7) is 3.92. The van der Waals surface area contributed by atoms with Crippen molar-refractivity contribution < 1.29 is 9.53 Å². The number of nitrogens with one attached hydrogen (secondary N) is 1. The molecule has 4 nitrogen and oxygen atoms in total. The summed E-state index contributed by atoms with van der Waals surface area (Å²) in [6.07, 6.45) is 0.797. The number of nitrogens with zero attached hydrogens (tertiary/aromatic N) is 1. The summed E-state index contributed by atoms with van der Waals surface area (Å²) in [5.41, 5.74) is 2.19. The van der Waals surface area contributed by atoms with Gasteiger partial charge in [-0.1, -0.05) is 48.5 Å². The van der Waals surface area contributed by atoms with Gasteiger partial charge in [-0.15, -0.1) is 0 Å². The number of carbonyl (C=O) groups excluding carboxylic acids is 1. The van der Waals surface area contributed by atoms with E-state index in [9.17, 15) is 4.79 Å². The van der Waals surface area contributed by atoms with Gasteiger partial charge in [0.15, 0.2) is 0 Å². The fourth-order valence-electron chi connectivity index (χ4n) is 2.86. The molecular weight excluding hydrogens is 288 g/mol. The van der Waals surface area contributed by atoms with E-state index in [0.29, 0.717) is 19.7 Å². The predicted molar refractivity (Wildman–Crippen MR) is 90.4 cm³/mol. The van der Waals surface area contributed by atoms with Crippen LogP contribution in [0.2, 0.25) is 0 Å². The topological polar surface area (TPSA) is 41.6 Å². The number of para-hydroxylation sites is 1. The molecule has 1 unspecified atom stereocenters. The van der Waals surface area contributed by atoms with E-state index in [1.54, 1.807) is 0 Å². The van der Waals surface area contributed by atoms with Crippen LogP contribution in [0.25, 0.3) is 0 Å². The molecule has 23 heavy (non-hydrogen) atoms. The summed E-state index contributed by atoms with van der Waals surface area (Å²) in [4.78, 5) is 14.5. The molecule has 1 aliphatic heterocycles. The lowest BCUT2D eigenvalue weighted by molar-refractivity contribution is 0.186. The van der Waals surface area contributed by atoms with Gasteiger partial charge in [-0.2, -0.15) is 0 Å². The fourth-order valence-corrected chi connectivity index (χ4v) is 2.86. The third-order valence-corrected chi connectivity index (χ3v) is 4.14. The van der Waals surface area contributed by atoms with Crippen molar-refractivity contribution in [2.45, 2.75) is 25.9 Å². The number of hydrogen-bond donors (Lipinski definition) is 1. The zero-order valence-electron chi connectivity index (χ0n) is 13.4. The second-order valence-corrected chi connectivity index (χ2v) is 5.68. The molecule has 0 fully saturated rings. The fraction of sp³-hybridized carbons (Fsp3) is 0.316. The summed E-state index contributed by atoms with van der Waals surface area (Å²) >= 11 is 0. The van der Waals surface area contributed by atoms with Crippen LogP contribution in [0.5, 0.6) is 5.75 Å². The van der Waals surface area contributed by atoms with Crippen molar-refractivity contribution in [2.24, 2.45) is 0 Å². The lowest BCUT2D eigenvalue weighted by Gasteiger charge is -2.29. The largest absolute Gasteiger partial charge is 0.493 e. The van der Waals surface area contributed by atoms with Crippen molar-refractivity contribution in [1.82, 2.24) is 10.2 Å². The third kappa shape index (κ3) is 3.65. The minimum atomic E-state index is -0.0296. The molecule has 2 aromatic carbocycles. The highest BCUT2D eigenvalue weighted by molar-refractivity contribution is 5.75. The molecule has 0 bridgehead atoms. The molecule has 0 aromatic heterocycles. The van der Waals surface area contributed by atoms with Gasteiger partial charge in [-0.3, -0.25) is 0 Å². The maximum atomic E-state index is 12.6. The third-order valence-electron chi connectivity index (χ3n) is 4.14. The van der Waals surface area contributed by atoms with Crippen molar-refractivity contribution in [2.75, 3.05) is 13.2 Å². The van der Waals surface area contributed by atoms with Gasteiger partial charge in [0, 0.05) is 25.1 Å². The number of rotatable bonds is 4. The van der Waals surface area contributed by atoms with Gasteiger partial charge < -0.3 is 15.0 Å². The van der Waals surface area contributed by atoms with E-state index in [1.165, 1.54) is 0 Å². The van der Waals surface area contributed by atoms with Crippen LogP contribution >= 0.6 is 0 Å². The maximum absolute atomic E-state index is 12.6. The average molecular weight is 310 g/mol. The Balaban J connectivity index is 1.68. The zero-order valence-corrected chi connectivity index (χ0v) is 13.4. The molecule has 4 heteroatoms. The number of carbonyl (C=O) groups is 1. The Bertz CT molecular complexity index is 657. The lowest BCUT2D eigenvalue weighted by atomic mass is 10.0. The van der Waals surface area contributed by atoms with E-state index >= 15 is 0 Å². The second-order valence-electron chi connectivity index (χ2n) is 5.68. The zero-order chi connectivity index (χ0) is 16.1. The molecule has 3 rings (SSSR count). The van der Waals surface area contributed by atoms with E-state index in [2.05, 4.69) is 5.32 Å². The number of benzene rings is 2. The molecule has 1 aliphatic rings. The first kappa shape index (κ1) is 15.4. The van der Waals surface area contributed by atoms with Crippen LogP contribution in [0.4, 0.5) is 4.79 Å². The molecule has 1 N–H and O–H groups in total. The summed E-state index contributed by atoms with van der Waals surface area (Å²) in [6, 6.07) is 18.0.